The number of halogens is 2. The molecule has 2 aromatic rings. The monoisotopic (exact) mass is 525 g/mol. The number of nitrogens with zero attached hydrogens (tertiary/aromatic N) is 1. The molecule has 0 N–H and O–H groups in total. The molecule has 0 aliphatic carbocycles. The van der Waals surface area contributed by atoms with Crippen LogP contribution in [0.1, 0.15) is 30.9 Å². The minimum absolute atomic E-state index is 0.265. The van der Waals surface area contributed by atoms with Crippen LogP contribution in [0.2, 0.25) is 0 Å². The Bertz CT molecular complexity index is 892. The smallest absolute Gasteiger partial charge is 0.363 e. The van der Waals surface area contributed by atoms with Gasteiger partial charge in [-0.25, -0.2) is 9.79 Å². The van der Waals surface area contributed by atoms with Gasteiger partial charge >= 0.3 is 5.97 Å². The molecule has 1 heterocycles. The summed E-state index contributed by atoms with van der Waals surface area (Å²) in [5.41, 5.74) is 1.83. The predicted molar refractivity (Wildman–Crippen MR) is 114 cm³/mol. The van der Waals surface area contributed by atoms with Gasteiger partial charge in [0.1, 0.15) is 5.75 Å². The summed E-state index contributed by atoms with van der Waals surface area (Å²) >= 11 is 5.71. The zero-order chi connectivity index (χ0) is 18.5. The zero-order valence-corrected chi connectivity index (χ0v) is 17.9. The number of rotatable bonds is 6. The number of esters is 1. The first-order chi connectivity index (χ1) is 12.6. The standard InChI is InChI=1S/C20H17BrINO3/c1-2-3-10-25-18-7-5-4-6-13(18)12-17-20(24)26-19(23-17)14-8-9-16(22)15(21)11-14/h4-9,11-12H,2-3,10H2,1H3/b17-12-. The molecular formula is C20H17BrINO3. The number of unbranched alkanes of at least 4 members (excludes halogenated alkanes) is 1. The van der Waals surface area contributed by atoms with Gasteiger partial charge in [0.25, 0.3) is 0 Å². The van der Waals surface area contributed by atoms with Gasteiger partial charge in [-0.05, 0) is 75.3 Å². The van der Waals surface area contributed by atoms with E-state index >= 15 is 0 Å². The number of hydrogen-bond acceptors (Lipinski definition) is 4. The van der Waals surface area contributed by atoms with E-state index in [1.165, 1.54) is 0 Å². The third-order valence-electron chi connectivity index (χ3n) is 3.75. The van der Waals surface area contributed by atoms with Gasteiger partial charge in [-0.2, -0.15) is 0 Å². The molecule has 0 amide bonds. The molecule has 0 fully saturated rings. The Morgan fingerprint density at radius 3 is 2.85 bits per heavy atom. The second-order valence-corrected chi connectivity index (χ2v) is 7.72. The van der Waals surface area contributed by atoms with E-state index in [4.69, 9.17) is 9.47 Å². The van der Waals surface area contributed by atoms with Crippen LogP contribution >= 0.6 is 38.5 Å². The third kappa shape index (κ3) is 4.54. The summed E-state index contributed by atoms with van der Waals surface area (Å²) in [5.74, 6) is 0.586. The molecule has 4 nitrogen and oxygen atoms in total. The van der Waals surface area contributed by atoms with Crippen LogP contribution in [0.5, 0.6) is 5.75 Å². The van der Waals surface area contributed by atoms with Gasteiger partial charge in [-0.1, -0.05) is 31.5 Å². The highest BCUT2D eigenvalue weighted by Crippen LogP contribution is 2.26. The predicted octanol–water partition coefficient (Wildman–Crippen LogP) is 5.58. The summed E-state index contributed by atoms with van der Waals surface area (Å²) < 4.78 is 13.2. The number of carbonyl (C=O) groups excluding carboxylic acids is 1. The quantitative estimate of drug-likeness (QED) is 0.214. The number of carbonyl (C=O) groups is 1. The molecule has 0 saturated heterocycles. The van der Waals surface area contributed by atoms with Gasteiger partial charge < -0.3 is 9.47 Å². The summed E-state index contributed by atoms with van der Waals surface area (Å²) in [6.07, 6.45) is 3.75. The fourth-order valence-corrected chi connectivity index (χ4v) is 3.08. The van der Waals surface area contributed by atoms with Crippen molar-refractivity contribution in [2.75, 3.05) is 6.61 Å². The van der Waals surface area contributed by atoms with E-state index in [0.717, 1.165) is 37.8 Å². The highest BCUT2D eigenvalue weighted by atomic mass is 127. The summed E-state index contributed by atoms with van der Waals surface area (Å²) in [6, 6.07) is 13.3. The Balaban J connectivity index is 1.88. The molecule has 0 atom stereocenters. The second-order valence-electron chi connectivity index (χ2n) is 5.70. The molecule has 134 valence electrons. The van der Waals surface area contributed by atoms with Crippen LogP contribution in [0.3, 0.4) is 0 Å². The van der Waals surface area contributed by atoms with Crippen LogP contribution in [-0.2, 0) is 9.53 Å². The van der Waals surface area contributed by atoms with E-state index in [2.05, 4.69) is 50.4 Å². The first kappa shape index (κ1) is 19.1. The van der Waals surface area contributed by atoms with Gasteiger partial charge in [0, 0.05) is 19.2 Å². The first-order valence-electron chi connectivity index (χ1n) is 8.28. The summed E-state index contributed by atoms with van der Waals surface area (Å²) in [4.78, 5) is 16.6. The average molecular weight is 526 g/mol. The van der Waals surface area contributed by atoms with Crippen LogP contribution in [0.4, 0.5) is 0 Å². The van der Waals surface area contributed by atoms with Crippen molar-refractivity contribution in [2.45, 2.75) is 19.8 Å². The van der Waals surface area contributed by atoms with Crippen molar-refractivity contribution in [3.8, 4) is 5.75 Å². The summed E-state index contributed by atoms with van der Waals surface area (Å²) in [7, 11) is 0. The Morgan fingerprint density at radius 1 is 1.27 bits per heavy atom. The molecule has 0 saturated carbocycles. The number of para-hydroxylation sites is 1. The maximum atomic E-state index is 12.2. The van der Waals surface area contributed by atoms with Crippen LogP contribution < -0.4 is 4.74 Å². The zero-order valence-electron chi connectivity index (χ0n) is 14.2. The molecule has 1 aliphatic heterocycles. The lowest BCUT2D eigenvalue weighted by atomic mass is 10.1. The fraction of sp³-hybridized carbons (Fsp3) is 0.200. The highest BCUT2D eigenvalue weighted by Gasteiger charge is 2.24. The SMILES string of the molecule is CCCCOc1ccccc1/C=C1\N=C(c2ccc(I)c(Br)c2)OC1=O. The van der Waals surface area contributed by atoms with Crippen molar-refractivity contribution in [2.24, 2.45) is 4.99 Å². The molecule has 0 aromatic heterocycles. The summed E-state index contributed by atoms with van der Waals surface area (Å²) in [5, 5.41) is 0. The van der Waals surface area contributed by atoms with Gasteiger partial charge in [-0.3, -0.25) is 0 Å². The van der Waals surface area contributed by atoms with Crippen LogP contribution in [0, 0.1) is 3.57 Å². The van der Waals surface area contributed by atoms with Crippen molar-refractivity contribution in [3.63, 3.8) is 0 Å². The van der Waals surface area contributed by atoms with Crippen molar-refractivity contribution < 1.29 is 14.3 Å². The van der Waals surface area contributed by atoms with Crippen LogP contribution in [0.25, 0.3) is 6.08 Å². The number of cyclic esters (lactones) is 1. The largest absolute Gasteiger partial charge is 0.493 e. The van der Waals surface area contributed by atoms with E-state index in [1.54, 1.807) is 6.08 Å². The second kappa shape index (κ2) is 8.81. The molecule has 0 radical (unpaired) electrons. The molecule has 0 bridgehead atoms. The molecule has 26 heavy (non-hydrogen) atoms. The summed E-state index contributed by atoms with van der Waals surface area (Å²) in [6.45, 7) is 2.76. The lowest BCUT2D eigenvalue weighted by molar-refractivity contribution is -0.129. The lowest BCUT2D eigenvalue weighted by Crippen LogP contribution is -2.05. The molecule has 1 aliphatic rings. The number of benzene rings is 2. The highest BCUT2D eigenvalue weighted by molar-refractivity contribution is 14.1. The maximum Gasteiger partial charge on any atom is 0.363 e. The van der Waals surface area contributed by atoms with Crippen LogP contribution in [-0.4, -0.2) is 18.5 Å². The normalized spacial score (nSPS) is 15.1. The van der Waals surface area contributed by atoms with E-state index < -0.39 is 5.97 Å². The molecular weight excluding hydrogens is 509 g/mol. The van der Waals surface area contributed by atoms with E-state index in [9.17, 15) is 4.79 Å². The Labute approximate surface area is 174 Å². The minimum atomic E-state index is -0.460. The average Bonchev–Trinajstić information content (AvgIpc) is 3.00. The van der Waals surface area contributed by atoms with E-state index in [-0.39, 0.29) is 5.70 Å². The Morgan fingerprint density at radius 2 is 2.08 bits per heavy atom. The molecule has 3 rings (SSSR count). The van der Waals surface area contributed by atoms with Crippen molar-refractivity contribution in [3.05, 3.63) is 67.3 Å². The first-order valence-corrected chi connectivity index (χ1v) is 10.2. The van der Waals surface area contributed by atoms with Gasteiger partial charge in [0.15, 0.2) is 5.70 Å². The third-order valence-corrected chi connectivity index (χ3v) is 6.09. The van der Waals surface area contributed by atoms with Crippen molar-refractivity contribution in [1.82, 2.24) is 0 Å². The Kier molecular flexibility index (Phi) is 6.48. The van der Waals surface area contributed by atoms with Crippen molar-refractivity contribution >= 4 is 56.5 Å². The van der Waals surface area contributed by atoms with Crippen LogP contribution in [0.15, 0.2) is 57.6 Å². The van der Waals surface area contributed by atoms with E-state index in [0.29, 0.717) is 12.5 Å². The van der Waals surface area contributed by atoms with Gasteiger partial charge in [-0.15, -0.1) is 0 Å². The molecule has 0 unspecified atom stereocenters. The fourth-order valence-electron chi connectivity index (χ4n) is 2.37. The topological polar surface area (TPSA) is 47.9 Å². The van der Waals surface area contributed by atoms with Gasteiger partial charge in [0.05, 0.1) is 6.61 Å². The Hall–Kier alpha value is -1.67. The number of hydrogen-bond donors (Lipinski definition) is 0. The minimum Gasteiger partial charge on any atom is -0.493 e. The molecule has 0 spiro atoms. The lowest BCUT2D eigenvalue weighted by Gasteiger charge is -2.08. The number of ether oxygens (including phenoxy) is 2. The van der Waals surface area contributed by atoms with Gasteiger partial charge in [0.2, 0.25) is 5.90 Å². The van der Waals surface area contributed by atoms with E-state index in [1.807, 2.05) is 42.5 Å². The maximum absolute atomic E-state index is 12.2. The number of aliphatic imine (C=N–C) groups is 1. The molecule has 2 aromatic carbocycles. The van der Waals surface area contributed by atoms with Crippen molar-refractivity contribution in [1.29, 1.82) is 0 Å². The molecule has 6 heteroatoms.